The van der Waals surface area contributed by atoms with Gasteiger partial charge in [-0.25, -0.2) is 13.4 Å². The van der Waals surface area contributed by atoms with Crippen LogP contribution in [0.25, 0.3) is 0 Å². The van der Waals surface area contributed by atoms with E-state index >= 15 is 0 Å². The molecule has 25 heavy (non-hydrogen) atoms. The molecule has 0 atom stereocenters. The van der Waals surface area contributed by atoms with Gasteiger partial charge in [0, 0.05) is 18.7 Å². The number of amides is 1. The van der Waals surface area contributed by atoms with Crippen molar-refractivity contribution < 1.29 is 13.2 Å². The van der Waals surface area contributed by atoms with Crippen molar-refractivity contribution in [1.29, 1.82) is 0 Å². The number of aromatic nitrogens is 1. The highest BCUT2D eigenvalue weighted by Gasteiger charge is 2.25. The molecular formula is C16H18BrN3O3S2. The molecule has 3 rings (SSSR count). The molecule has 1 aromatic heterocycles. The molecule has 0 radical (unpaired) electrons. The third-order valence-electron chi connectivity index (χ3n) is 4.00. The van der Waals surface area contributed by atoms with Gasteiger partial charge in [-0.1, -0.05) is 30.2 Å². The van der Waals surface area contributed by atoms with E-state index in [9.17, 15) is 13.2 Å². The monoisotopic (exact) mass is 443 g/mol. The van der Waals surface area contributed by atoms with Gasteiger partial charge in [-0.05, 0) is 47.0 Å². The maximum atomic E-state index is 12.9. The summed E-state index contributed by atoms with van der Waals surface area (Å²) in [6.45, 7) is 1.07. The van der Waals surface area contributed by atoms with E-state index in [-0.39, 0.29) is 10.8 Å². The Hall–Kier alpha value is -1.29. The summed E-state index contributed by atoms with van der Waals surface area (Å²) in [6, 6.07) is 6.16. The first-order valence-corrected chi connectivity index (χ1v) is 11.0. The number of hydrogen-bond acceptors (Lipinski definition) is 5. The highest BCUT2D eigenvalue weighted by molar-refractivity contribution is 9.11. The molecule has 2 heterocycles. The van der Waals surface area contributed by atoms with E-state index in [0.717, 1.165) is 29.5 Å². The van der Waals surface area contributed by atoms with Crippen LogP contribution in [0, 0.1) is 0 Å². The molecule has 1 aliphatic heterocycles. The minimum Gasteiger partial charge on any atom is -0.298 e. The average molecular weight is 444 g/mol. The molecule has 0 spiro atoms. The molecule has 1 amide bonds. The third-order valence-corrected chi connectivity index (χ3v) is 7.28. The summed E-state index contributed by atoms with van der Waals surface area (Å²) in [7, 11) is -3.58. The maximum absolute atomic E-state index is 12.9. The number of thiazole rings is 1. The average Bonchev–Trinajstić information content (AvgIpc) is 2.85. The number of sulfonamides is 1. The van der Waals surface area contributed by atoms with Crippen LogP contribution in [0.2, 0.25) is 0 Å². The summed E-state index contributed by atoms with van der Waals surface area (Å²) < 4.78 is 28.0. The summed E-state index contributed by atoms with van der Waals surface area (Å²) in [5.74, 6) is -0.380. The van der Waals surface area contributed by atoms with Crippen molar-refractivity contribution in [2.45, 2.75) is 30.6 Å². The molecule has 1 N–H and O–H groups in total. The van der Waals surface area contributed by atoms with Gasteiger partial charge in [0.25, 0.3) is 5.91 Å². The van der Waals surface area contributed by atoms with Gasteiger partial charge in [0.15, 0.2) is 5.13 Å². The second-order valence-electron chi connectivity index (χ2n) is 5.77. The molecule has 0 unspecified atom stereocenters. The third kappa shape index (κ3) is 4.46. The van der Waals surface area contributed by atoms with Crippen molar-refractivity contribution in [2.24, 2.45) is 0 Å². The van der Waals surface area contributed by atoms with E-state index in [0.29, 0.717) is 23.8 Å². The van der Waals surface area contributed by atoms with Crippen LogP contribution in [0.15, 0.2) is 39.1 Å². The number of nitrogens with one attached hydrogen (secondary N) is 1. The van der Waals surface area contributed by atoms with Gasteiger partial charge in [-0.15, -0.1) is 0 Å². The van der Waals surface area contributed by atoms with Crippen molar-refractivity contribution in [3.63, 3.8) is 0 Å². The number of carbonyl (C=O) groups is 1. The molecule has 134 valence electrons. The van der Waals surface area contributed by atoms with Gasteiger partial charge in [0.1, 0.15) is 0 Å². The SMILES string of the molecule is O=C(Nc1ncc(Br)s1)c1cccc(S(=O)(=O)N2CCCCCC2)c1. The van der Waals surface area contributed by atoms with Crippen LogP contribution in [-0.4, -0.2) is 36.7 Å². The predicted octanol–water partition coefficient (Wildman–Crippen LogP) is 3.72. The van der Waals surface area contributed by atoms with Crippen molar-refractivity contribution in [3.05, 3.63) is 39.8 Å². The van der Waals surface area contributed by atoms with Crippen LogP contribution in [0.1, 0.15) is 36.0 Å². The van der Waals surface area contributed by atoms with E-state index in [2.05, 4.69) is 26.2 Å². The number of hydrogen-bond donors (Lipinski definition) is 1. The van der Waals surface area contributed by atoms with Gasteiger partial charge in [-0.3, -0.25) is 10.1 Å². The van der Waals surface area contributed by atoms with E-state index in [4.69, 9.17) is 0 Å². The molecule has 1 saturated heterocycles. The van der Waals surface area contributed by atoms with Crippen LogP contribution in [0.4, 0.5) is 5.13 Å². The lowest BCUT2D eigenvalue weighted by Gasteiger charge is -2.20. The number of anilines is 1. The normalized spacial score (nSPS) is 16.4. The van der Waals surface area contributed by atoms with Gasteiger partial charge in [0.2, 0.25) is 10.0 Å². The molecule has 0 saturated carbocycles. The lowest BCUT2D eigenvalue weighted by molar-refractivity contribution is 0.102. The van der Waals surface area contributed by atoms with Crippen LogP contribution in [-0.2, 0) is 10.0 Å². The van der Waals surface area contributed by atoms with Gasteiger partial charge in [-0.2, -0.15) is 4.31 Å². The Morgan fingerprint density at radius 3 is 2.56 bits per heavy atom. The minimum absolute atomic E-state index is 0.155. The molecule has 1 fully saturated rings. The van der Waals surface area contributed by atoms with Crippen LogP contribution in [0.3, 0.4) is 0 Å². The summed E-state index contributed by atoms with van der Waals surface area (Å²) in [4.78, 5) is 16.6. The molecular weight excluding hydrogens is 426 g/mol. The second kappa shape index (κ2) is 7.94. The summed E-state index contributed by atoms with van der Waals surface area (Å²) >= 11 is 4.58. The van der Waals surface area contributed by atoms with Gasteiger partial charge in [0.05, 0.1) is 14.9 Å². The first kappa shape index (κ1) is 18.5. The number of halogens is 1. The van der Waals surface area contributed by atoms with Crippen molar-refractivity contribution >= 4 is 48.3 Å². The molecule has 1 aliphatic rings. The molecule has 6 nitrogen and oxygen atoms in total. The summed E-state index contributed by atoms with van der Waals surface area (Å²) in [5.41, 5.74) is 0.294. The topological polar surface area (TPSA) is 79.4 Å². The van der Waals surface area contributed by atoms with Crippen molar-refractivity contribution in [3.8, 4) is 0 Å². The van der Waals surface area contributed by atoms with Crippen LogP contribution < -0.4 is 5.32 Å². The Labute approximate surface area is 159 Å². The lowest BCUT2D eigenvalue weighted by atomic mass is 10.2. The van der Waals surface area contributed by atoms with Gasteiger partial charge >= 0.3 is 0 Å². The number of rotatable bonds is 4. The largest absolute Gasteiger partial charge is 0.298 e. The maximum Gasteiger partial charge on any atom is 0.257 e. The highest BCUT2D eigenvalue weighted by Crippen LogP contribution is 2.24. The van der Waals surface area contributed by atoms with Crippen LogP contribution in [0.5, 0.6) is 0 Å². The first-order valence-electron chi connectivity index (χ1n) is 8.00. The standard InChI is InChI=1S/C16H18BrN3O3S2/c17-14-11-18-16(24-14)19-15(21)12-6-5-7-13(10-12)25(22,23)20-8-3-1-2-4-9-20/h5-7,10-11H,1-4,8-9H2,(H,18,19,21). The van der Waals surface area contributed by atoms with E-state index in [1.54, 1.807) is 18.3 Å². The van der Waals surface area contributed by atoms with E-state index in [1.807, 2.05) is 0 Å². The minimum atomic E-state index is -3.58. The fourth-order valence-corrected chi connectivity index (χ4v) is 5.38. The smallest absolute Gasteiger partial charge is 0.257 e. The van der Waals surface area contributed by atoms with Crippen molar-refractivity contribution in [2.75, 3.05) is 18.4 Å². The zero-order valence-electron chi connectivity index (χ0n) is 13.4. The highest BCUT2D eigenvalue weighted by atomic mass is 79.9. The van der Waals surface area contributed by atoms with Crippen molar-refractivity contribution in [1.82, 2.24) is 9.29 Å². The van der Waals surface area contributed by atoms with Crippen LogP contribution >= 0.6 is 27.3 Å². The van der Waals surface area contributed by atoms with E-state index < -0.39 is 10.0 Å². The predicted molar refractivity (Wildman–Crippen MR) is 101 cm³/mol. The fraction of sp³-hybridized carbons (Fsp3) is 0.375. The fourth-order valence-electron chi connectivity index (χ4n) is 2.71. The number of nitrogens with zero attached hydrogens (tertiary/aromatic N) is 2. The number of carbonyl (C=O) groups excluding carboxylic acids is 1. The Morgan fingerprint density at radius 2 is 1.92 bits per heavy atom. The summed E-state index contributed by atoms with van der Waals surface area (Å²) in [6.07, 6.45) is 5.45. The zero-order chi connectivity index (χ0) is 17.9. The van der Waals surface area contributed by atoms with E-state index in [1.165, 1.54) is 27.8 Å². The Morgan fingerprint density at radius 1 is 1.20 bits per heavy atom. The molecule has 9 heteroatoms. The first-order chi connectivity index (χ1) is 12.0. The molecule has 1 aromatic carbocycles. The van der Waals surface area contributed by atoms with Gasteiger partial charge < -0.3 is 0 Å². The zero-order valence-corrected chi connectivity index (χ0v) is 16.7. The lowest BCUT2D eigenvalue weighted by Crippen LogP contribution is -2.32. The second-order valence-corrected chi connectivity index (χ2v) is 10.1. The Balaban J connectivity index is 1.81. The Kier molecular flexibility index (Phi) is 5.88. The quantitative estimate of drug-likeness (QED) is 0.780. The molecule has 0 bridgehead atoms. The molecule has 0 aliphatic carbocycles. The summed E-state index contributed by atoms with van der Waals surface area (Å²) in [5, 5.41) is 3.13. The molecule has 2 aromatic rings. The Bertz CT molecular complexity index is 859. The number of benzene rings is 1.